The van der Waals surface area contributed by atoms with Gasteiger partial charge in [0, 0.05) is 30.0 Å². The largest absolute Gasteiger partial charge is 0.493 e. The van der Waals surface area contributed by atoms with Crippen LogP contribution in [0, 0.1) is 0 Å². The highest BCUT2D eigenvalue weighted by atomic mass is 16.5. The number of Topliss-reactive ketones (excluding diaryl/α,β-unsaturated/α-hetero) is 1. The van der Waals surface area contributed by atoms with Gasteiger partial charge in [-0.1, -0.05) is 37.3 Å². The summed E-state index contributed by atoms with van der Waals surface area (Å²) in [5.74, 6) is 1.21. The van der Waals surface area contributed by atoms with Crippen molar-refractivity contribution in [3.05, 3.63) is 70.4 Å². The van der Waals surface area contributed by atoms with Crippen molar-refractivity contribution in [2.75, 3.05) is 14.2 Å². The minimum atomic E-state index is -0.168. The lowest BCUT2D eigenvalue weighted by Crippen LogP contribution is -2.38. The Morgan fingerprint density at radius 1 is 0.900 bits per heavy atom. The van der Waals surface area contributed by atoms with Crippen molar-refractivity contribution in [3.63, 3.8) is 0 Å². The number of amides is 1. The Bertz CT molecular complexity index is 1010. The molecule has 1 heterocycles. The van der Waals surface area contributed by atoms with E-state index in [2.05, 4.69) is 36.5 Å². The summed E-state index contributed by atoms with van der Waals surface area (Å²) in [5, 5.41) is 2.99. The van der Waals surface area contributed by atoms with Gasteiger partial charge in [-0.15, -0.1) is 0 Å². The second kappa shape index (κ2) is 8.34. The fraction of sp³-hybridized carbons (Fsp3) is 0.360. The number of hydrogen-bond donors (Lipinski definition) is 1. The highest BCUT2D eigenvalue weighted by Gasteiger charge is 2.38. The van der Waals surface area contributed by atoms with Crippen LogP contribution in [0.1, 0.15) is 54.7 Å². The van der Waals surface area contributed by atoms with Crippen LogP contribution >= 0.6 is 0 Å². The number of hydrogen-bond acceptors (Lipinski definition) is 4. The molecule has 2 unspecified atom stereocenters. The Morgan fingerprint density at radius 2 is 1.60 bits per heavy atom. The molecule has 156 valence electrons. The molecule has 0 saturated carbocycles. The number of nitrogens with one attached hydrogen (secondary N) is 1. The molecule has 5 heteroatoms. The summed E-state index contributed by atoms with van der Waals surface area (Å²) in [4.78, 5) is 25.7. The van der Waals surface area contributed by atoms with Gasteiger partial charge >= 0.3 is 0 Å². The minimum Gasteiger partial charge on any atom is -0.493 e. The number of ether oxygens (including phenoxy) is 2. The zero-order chi connectivity index (χ0) is 21.3. The van der Waals surface area contributed by atoms with Crippen molar-refractivity contribution >= 4 is 11.7 Å². The van der Waals surface area contributed by atoms with E-state index in [4.69, 9.17) is 9.47 Å². The van der Waals surface area contributed by atoms with Crippen molar-refractivity contribution in [2.45, 2.75) is 44.4 Å². The highest BCUT2D eigenvalue weighted by Crippen LogP contribution is 2.43. The van der Waals surface area contributed by atoms with Gasteiger partial charge in [-0.25, -0.2) is 0 Å². The molecule has 0 fully saturated rings. The smallest absolute Gasteiger partial charge is 0.225 e. The summed E-state index contributed by atoms with van der Waals surface area (Å²) in [6, 6.07) is 14.0. The van der Waals surface area contributed by atoms with Crippen molar-refractivity contribution in [1.29, 1.82) is 0 Å². The van der Waals surface area contributed by atoms with Crippen LogP contribution in [0.2, 0.25) is 0 Å². The number of carbonyl (C=O) groups is 2. The van der Waals surface area contributed by atoms with Crippen LogP contribution in [0.15, 0.2) is 53.7 Å². The normalized spacial score (nSPS) is 21.2. The molecule has 2 aliphatic rings. The SMILES string of the molecule is CCc1ccc(C2CC(=O)NC3=C2C(=O)CC(c2ccc(OC)c(OC)c2)C3)cc1. The molecule has 2 aromatic carbocycles. The first-order valence-electron chi connectivity index (χ1n) is 10.4. The van der Waals surface area contributed by atoms with Gasteiger partial charge < -0.3 is 14.8 Å². The molecule has 0 bridgehead atoms. The third-order valence-corrected chi connectivity index (χ3v) is 6.21. The molecule has 0 saturated heterocycles. The quantitative estimate of drug-likeness (QED) is 0.807. The first kappa shape index (κ1) is 20.2. The molecule has 2 aromatic rings. The first-order chi connectivity index (χ1) is 14.5. The van der Waals surface area contributed by atoms with Crippen molar-refractivity contribution in [1.82, 2.24) is 5.32 Å². The average Bonchev–Trinajstić information content (AvgIpc) is 2.77. The van der Waals surface area contributed by atoms with Gasteiger partial charge in [0.2, 0.25) is 5.91 Å². The summed E-state index contributed by atoms with van der Waals surface area (Å²) in [5.41, 5.74) is 4.84. The van der Waals surface area contributed by atoms with Gasteiger partial charge in [0.25, 0.3) is 0 Å². The third-order valence-electron chi connectivity index (χ3n) is 6.21. The summed E-state index contributed by atoms with van der Waals surface area (Å²) in [7, 11) is 3.20. The Kier molecular flexibility index (Phi) is 5.62. The third kappa shape index (κ3) is 3.72. The van der Waals surface area contributed by atoms with Gasteiger partial charge in [-0.3, -0.25) is 9.59 Å². The Labute approximate surface area is 177 Å². The second-order valence-corrected chi connectivity index (χ2v) is 7.94. The summed E-state index contributed by atoms with van der Waals surface area (Å²) in [6.45, 7) is 2.11. The van der Waals surface area contributed by atoms with Gasteiger partial charge in [-0.2, -0.15) is 0 Å². The number of allylic oxidation sites excluding steroid dienone is 2. The fourth-order valence-corrected chi connectivity index (χ4v) is 4.57. The van der Waals surface area contributed by atoms with E-state index in [1.807, 2.05) is 18.2 Å². The van der Waals surface area contributed by atoms with Gasteiger partial charge in [0.05, 0.1) is 14.2 Å². The van der Waals surface area contributed by atoms with E-state index in [0.717, 1.165) is 28.8 Å². The maximum Gasteiger partial charge on any atom is 0.225 e. The summed E-state index contributed by atoms with van der Waals surface area (Å²) < 4.78 is 10.7. The lowest BCUT2D eigenvalue weighted by molar-refractivity contribution is -0.122. The fourth-order valence-electron chi connectivity index (χ4n) is 4.57. The van der Waals surface area contributed by atoms with E-state index >= 15 is 0 Å². The topological polar surface area (TPSA) is 64.6 Å². The Morgan fingerprint density at radius 3 is 2.27 bits per heavy atom. The zero-order valence-electron chi connectivity index (χ0n) is 17.7. The van der Waals surface area contributed by atoms with E-state index in [9.17, 15) is 9.59 Å². The molecule has 1 N–H and O–H groups in total. The van der Waals surface area contributed by atoms with Crippen LogP contribution in [0.25, 0.3) is 0 Å². The highest BCUT2D eigenvalue weighted by molar-refractivity contribution is 6.02. The molecule has 5 nitrogen and oxygen atoms in total. The van der Waals surface area contributed by atoms with Crippen LogP contribution in [0.5, 0.6) is 11.5 Å². The molecule has 1 aliphatic carbocycles. The number of aryl methyl sites for hydroxylation is 1. The minimum absolute atomic E-state index is 0.00225. The molecular weight excluding hydrogens is 378 g/mol. The maximum atomic E-state index is 13.2. The number of rotatable bonds is 5. The Balaban J connectivity index is 1.67. The van der Waals surface area contributed by atoms with Crippen molar-refractivity contribution in [3.8, 4) is 11.5 Å². The molecule has 1 amide bonds. The predicted octanol–water partition coefficient (Wildman–Crippen LogP) is 4.27. The van der Waals surface area contributed by atoms with Crippen molar-refractivity contribution in [2.24, 2.45) is 0 Å². The van der Waals surface area contributed by atoms with Crippen LogP contribution in [0.3, 0.4) is 0 Å². The molecule has 2 atom stereocenters. The molecule has 0 radical (unpaired) electrons. The molecule has 0 aromatic heterocycles. The van der Waals surface area contributed by atoms with Crippen LogP contribution in [-0.4, -0.2) is 25.9 Å². The molecule has 0 spiro atoms. The number of carbonyl (C=O) groups excluding carboxylic acids is 2. The average molecular weight is 405 g/mol. The molecule has 1 aliphatic heterocycles. The van der Waals surface area contributed by atoms with E-state index in [1.54, 1.807) is 14.2 Å². The van der Waals surface area contributed by atoms with E-state index in [1.165, 1.54) is 5.56 Å². The molecular formula is C25H27NO4. The van der Waals surface area contributed by atoms with Crippen LogP contribution in [-0.2, 0) is 16.0 Å². The van der Waals surface area contributed by atoms with Crippen LogP contribution in [0.4, 0.5) is 0 Å². The monoisotopic (exact) mass is 405 g/mol. The number of benzene rings is 2. The maximum absolute atomic E-state index is 13.2. The van der Waals surface area contributed by atoms with E-state index in [0.29, 0.717) is 30.8 Å². The first-order valence-corrected chi connectivity index (χ1v) is 10.4. The lowest BCUT2D eigenvalue weighted by Gasteiger charge is -2.34. The van der Waals surface area contributed by atoms with Gasteiger partial charge in [0.15, 0.2) is 17.3 Å². The summed E-state index contributed by atoms with van der Waals surface area (Å²) in [6.07, 6.45) is 2.34. The van der Waals surface area contributed by atoms with Crippen molar-refractivity contribution < 1.29 is 19.1 Å². The Hall–Kier alpha value is -3.08. The predicted molar refractivity (Wildman–Crippen MR) is 115 cm³/mol. The number of methoxy groups -OCH3 is 2. The second-order valence-electron chi connectivity index (χ2n) is 7.94. The molecule has 4 rings (SSSR count). The lowest BCUT2D eigenvalue weighted by atomic mass is 9.73. The van der Waals surface area contributed by atoms with Gasteiger partial charge in [0.1, 0.15) is 0 Å². The number of ketones is 1. The van der Waals surface area contributed by atoms with E-state index < -0.39 is 0 Å². The standard InChI is InChI=1S/C25H27NO4/c1-4-15-5-7-16(8-6-15)19-14-24(28)26-20-11-18(12-21(27)25(19)20)17-9-10-22(29-2)23(13-17)30-3/h5-10,13,18-19H,4,11-12,14H2,1-3H3,(H,26,28). The van der Waals surface area contributed by atoms with Crippen LogP contribution < -0.4 is 14.8 Å². The zero-order valence-corrected chi connectivity index (χ0v) is 17.7. The van der Waals surface area contributed by atoms with E-state index in [-0.39, 0.29) is 23.5 Å². The molecule has 30 heavy (non-hydrogen) atoms. The summed E-state index contributed by atoms with van der Waals surface area (Å²) >= 11 is 0. The van der Waals surface area contributed by atoms with Gasteiger partial charge in [-0.05, 0) is 47.6 Å².